The first kappa shape index (κ1) is 12.4. The van der Waals surface area contributed by atoms with Crippen molar-refractivity contribution >= 4 is 11.8 Å². The van der Waals surface area contributed by atoms with Crippen LogP contribution in [0.3, 0.4) is 0 Å². The molecular weight excluding hydrogens is 204 g/mol. The molecule has 0 heterocycles. The highest BCUT2D eigenvalue weighted by Gasteiger charge is 1.93. The number of ether oxygens (including phenoxy) is 1. The Labute approximate surface area is 97.2 Å². The third-order valence-electron chi connectivity index (χ3n) is 2.28. The Bertz CT molecular complexity index is 256. The van der Waals surface area contributed by atoms with Crippen molar-refractivity contribution in [1.29, 1.82) is 0 Å². The second kappa shape index (κ2) is 7.63. The molecular formula is C13H20OS. The lowest BCUT2D eigenvalue weighted by Crippen LogP contribution is -1.97. The van der Waals surface area contributed by atoms with Gasteiger partial charge in [-0.2, -0.15) is 11.8 Å². The van der Waals surface area contributed by atoms with Crippen molar-refractivity contribution in [3.8, 4) is 5.75 Å². The first-order valence-electron chi connectivity index (χ1n) is 5.51. The lowest BCUT2D eigenvalue weighted by atomic mass is 10.2. The van der Waals surface area contributed by atoms with E-state index in [0.29, 0.717) is 0 Å². The van der Waals surface area contributed by atoms with E-state index < -0.39 is 0 Å². The van der Waals surface area contributed by atoms with Crippen molar-refractivity contribution < 1.29 is 4.74 Å². The minimum absolute atomic E-state index is 0.845. The third-order valence-corrected chi connectivity index (χ3v) is 2.98. The molecule has 0 aliphatic rings. The molecule has 0 saturated heterocycles. The highest BCUT2D eigenvalue weighted by atomic mass is 32.2. The molecule has 0 saturated carbocycles. The smallest absolute Gasteiger partial charge is 0.119 e. The Morgan fingerprint density at radius 2 is 1.80 bits per heavy atom. The standard InChI is InChI=1S/C13H20OS/c1-12-6-8-13(9-7-12)14-10-4-3-5-11-15-2/h6-9H,3-5,10-11H2,1-2H3. The van der Waals surface area contributed by atoms with Crippen molar-refractivity contribution in [2.24, 2.45) is 0 Å². The molecule has 1 nitrogen and oxygen atoms in total. The number of aryl methyl sites for hydroxylation is 1. The van der Waals surface area contributed by atoms with Gasteiger partial charge in [0.15, 0.2) is 0 Å². The van der Waals surface area contributed by atoms with E-state index in [1.807, 2.05) is 23.9 Å². The van der Waals surface area contributed by atoms with E-state index in [2.05, 4.69) is 25.3 Å². The highest BCUT2D eigenvalue weighted by Crippen LogP contribution is 2.12. The summed E-state index contributed by atoms with van der Waals surface area (Å²) in [5.41, 5.74) is 1.28. The predicted molar refractivity (Wildman–Crippen MR) is 68.9 cm³/mol. The molecule has 0 radical (unpaired) electrons. The molecule has 0 atom stereocenters. The van der Waals surface area contributed by atoms with Gasteiger partial charge in [-0.15, -0.1) is 0 Å². The van der Waals surface area contributed by atoms with Crippen LogP contribution in [0.2, 0.25) is 0 Å². The molecule has 0 spiro atoms. The molecule has 15 heavy (non-hydrogen) atoms. The third kappa shape index (κ3) is 5.73. The van der Waals surface area contributed by atoms with Crippen molar-refractivity contribution in [2.75, 3.05) is 18.6 Å². The van der Waals surface area contributed by atoms with E-state index >= 15 is 0 Å². The van der Waals surface area contributed by atoms with Crippen LogP contribution in [0.25, 0.3) is 0 Å². The Kier molecular flexibility index (Phi) is 6.33. The van der Waals surface area contributed by atoms with Crippen molar-refractivity contribution in [1.82, 2.24) is 0 Å². The maximum Gasteiger partial charge on any atom is 0.119 e. The summed E-state index contributed by atoms with van der Waals surface area (Å²) >= 11 is 1.92. The van der Waals surface area contributed by atoms with Crippen molar-refractivity contribution in [3.05, 3.63) is 29.8 Å². The topological polar surface area (TPSA) is 9.23 Å². The second-order valence-electron chi connectivity index (χ2n) is 3.71. The van der Waals surface area contributed by atoms with Gasteiger partial charge in [-0.1, -0.05) is 17.7 Å². The van der Waals surface area contributed by atoms with Gasteiger partial charge in [-0.05, 0) is 50.3 Å². The Balaban J connectivity index is 2.07. The van der Waals surface area contributed by atoms with Gasteiger partial charge >= 0.3 is 0 Å². The largest absolute Gasteiger partial charge is 0.494 e. The van der Waals surface area contributed by atoms with Crippen LogP contribution >= 0.6 is 11.8 Å². The summed E-state index contributed by atoms with van der Waals surface area (Å²) in [6.45, 7) is 2.93. The first-order valence-corrected chi connectivity index (χ1v) is 6.90. The van der Waals surface area contributed by atoms with Gasteiger partial charge in [0.25, 0.3) is 0 Å². The molecule has 1 aromatic carbocycles. The molecule has 1 rings (SSSR count). The zero-order chi connectivity index (χ0) is 10.9. The minimum atomic E-state index is 0.845. The molecule has 0 amide bonds. The van der Waals surface area contributed by atoms with E-state index in [1.165, 1.54) is 24.2 Å². The number of unbranched alkanes of at least 4 members (excludes halogenated alkanes) is 2. The fourth-order valence-electron chi connectivity index (χ4n) is 1.35. The average Bonchev–Trinajstić information content (AvgIpc) is 2.26. The molecule has 0 aliphatic heterocycles. The van der Waals surface area contributed by atoms with Gasteiger partial charge in [-0.3, -0.25) is 0 Å². The molecule has 0 unspecified atom stereocenters. The van der Waals surface area contributed by atoms with Crippen LogP contribution in [-0.2, 0) is 0 Å². The summed E-state index contributed by atoms with van der Waals surface area (Å²) in [5, 5.41) is 0. The van der Waals surface area contributed by atoms with Crippen LogP contribution in [0.15, 0.2) is 24.3 Å². The van der Waals surface area contributed by atoms with Crippen LogP contribution in [0, 0.1) is 6.92 Å². The summed E-state index contributed by atoms with van der Waals surface area (Å²) < 4.78 is 5.63. The number of hydrogen-bond donors (Lipinski definition) is 0. The molecule has 0 fully saturated rings. The zero-order valence-corrected chi connectivity index (χ0v) is 10.5. The van der Waals surface area contributed by atoms with E-state index in [4.69, 9.17) is 4.74 Å². The second-order valence-corrected chi connectivity index (χ2v) is 4.70. The van der Waals surface area contributed by atoms with Gasteiger partial charge in [-0.25, -0.2) is 0 Å². The Morgan fingerprint density at radius 1 is 1.07 bits per heavy atom. The normalized spacial score (nSPS) is 10.3. The van der Waals surface area contributed by atoms with Gasteiger partial charge in [0.05, 0.1) is 6.61 Å². The van der Waals surface area contributed by atoms with Crippen LogP contribution < -0.4 is 4.74 Å². The lowest BCUT2D eigenvalue weighted by Gasteiger charge is -2.05. The highest BCUT2D eigenvalue weighted by molar-refractivity contribution is 7.98. The van der Waals surface area contributed by atoms with Crippen LogP contribution in [0.4, 0.5) is 0 Å². The van der Waals surface area contributed by atoms with Crippen molar-refractivity contribution in [2.45, 2.75) is 26.2 Å². The molecule has 84 valence electrons. The summed E-state index contributed by atoms with van der Waals surface area (Å²) in [6.07, 6.45) is 5.89. The molecule has 0 aliphatic carbocycles. The van der Waals surface area contributed by atoms with E-state index in [0.717, 1.165) is 18.8 Å². The molecule has 0 N–H and O–H groups in total. The number of thioether (sulfide) groups is 1. The summed E-state index contributed by atoms with van der Waals surface area (Å²) in [5.74, 6) is 2.26. The SMILES string of the molecule is CSCCCCCOc1ccc(C)cc1. The fourth-order valence-corrected chi connectivity index (χ4v) is 1.84. The summed E-state index contributed by atoms with van der Waals surface area (Å²) in [7, 11) is 0. The Hall–Kier alpha value is -0.630. The molecule has 0 bridgehead atoms. The van der Waals surface area contributed by atoms with Crippen molar-refractivity contribution in [3.63, 3.8) is 0 Å². The number of benzene rings is 1. The summed E-state index contributed by atoms with van der Waals surface area (Å²) in [6, 6.07) is 8.25. The summed E-state index contributed by atoms with van der Waals surface area (Å²) in [4.78, 5) is 0. The van der Waals surface area contributed by atoms with E-state index in [1.54, 1.807) is 0 Å². The Morgan fingerprint density at radius 3 is 2.47 bits per heavy atom. The number of hydrogen-bond acceptors (Lipinski definition) is 2. The van der Waals surface area contributed by atoms with Crippen LogP contribution in [-0.4, -0.2) is 18.6 Å². The van der Waals surface area contributed by atoms with Crippen LogP contribution in [0.5, 0.6) is 5.75 Å². The lowest BCUT2D eigenvalue weighted by molar-refractivity contribution is 0.306. The van der Waals surface area contributed by atoms with E-state index in [9.17, 15) is 0 Å². The van der Waals surface area contributed by atoms with Gasteiger partial charge in [0, 0.05) is 0 Å². The zero-order valence-electron chi connectivity index (χ0n) is 9.66. The average molecular weight is 224 g/mol. The fraction of sp³-hybridized carbons (Fsp3) is 0.538. The number of rotatable bonds is 7. The molecule has 1 aromatic rings. The van der Waals surface area contributed by atoms with Gasteiger partial charge < -0.3 is 4.74 Å². The maximum atomic E-state index is 5.63. The quantitative estimate of drug-likeness (QED) is 0.649. The maximum absolute atomic E-state index is 5.63. The van der Waals surface area contributed by atoms with Crippen LogP contribution in [0.1, 0.15) is 24.8 Å². The monoisotopic (exact) mass is 224 g/mol. The van der Waals surface area contributed by atoms with Gasteiger partial charge in [0.2, 0.25) is 0 Å². The van der Waals surface area contributed by atoms with Gasteiger partial charge in [0.1, 0.15) is 5.75 Å². The molecule has 0 aromatic heterocycles. The molecule has 2 heteroatoms. The predicted octanol–water partition coefficient (Wildman–Crippen LogP) is 3.91. The van der Waals surface area contributed by atoms with E-state index in [-0.39, 0.29) is 0 Å². The first-order chi connectivity index (χ1) is 7.33. The minimum Gasteiger partial charge on any atom is -0.494 e.